The lowest BCUT2D eigenvalue weighted by Crippen LogP contribution is -2.52. The van der Waals surface area contributed by atoms with Crippen LogP contribution in [-0.4, -0.2) is 68.7 Å². The molecular formula is C21H29F3N4O. The summed E-state index contributed by atoms with van der Waals surface area (Å²) in [5.41, 5.74) is 1.53. The highest BCUT2D eigenvalue weighted by Gasteiger charge is 2.30. The summed E-state index contributed by atoms with van der Waals surface area (Å²) in [5, 5.41) is 3.43. The Hall–Kier alpha value is -2.06. The van der Waals surface area contributed by atoms with E-state index in [0.717, 1.165) is 64.2 Å². The van der Waals surface area contributed by atoms with Gasteiger partial charge in [0.1, 0.15) is 0 Å². The maximum Gasteiger partial charge on any atom is 0.416 e. The second kappa shape index (κ2) is 10.1. The molecular weight excluding hydrogens is 381 g/mol. The Bertz CT molecular complexity index is 725. The Balaban J connectivity index is 1.45. The molecule has 0 saturated carbocycles. The zero-order valence-electron chi connectivity index (χ0n) is 16.8. The first-order valence-corrected chi connectivity index (χ1v) is 10.1. The number of halogens is 3. The lowest BCUT2D eigenvalue weighted by molar-refractivity contribution is -0.137. The van der Waals surface area contributed by atoms with E-state index >= 15 is 0 Å². The Morgan fingerprint density at radius 2 is 2.00 bits per heavy atom. The van der Waals surface area contributed by atoms with Crippen LogP contribution in [0.3, 0.4) is 0 Å². The van der Waals surface area contributed by atoms with Crippen LogP contribution in [0.2, 0.25) is 0 Å². The van der Waals surface area contributed by atoms with Gasteiger partial charge in [-0.05, 0) is 24.5 Å². The Kier molecular flexibility index (Phi) is 7.55. The molecule has 1 N–H and O–H groups in total. The summed E-state index contributed by atoms with van der Waals surface area (Å²) in [7, 11) is 1.78. The first-order valence-electron chi connectivity index (χ1n) is 10.1. The quantitative estimate of drug-likeness (QED) is 0.460. The third kappa shape index (κ3) is 6.47. The second-order valence-electron chi connectivity index (χ2n) is 7.37. The molecule has 2 heterocycles. The van der Waals surface area contributed by atoms with Crippen LogP contribution in [0.4, 0.5) is 13.2 Å². The minimum absolute atomic E-state index is 0.528. The average molecular weight is 410 g/mol. The summed E-state index contributed by atoms with van der Waals surface area (Å²) < 4.78 is 44.0. The number of hydrogen-bond donors (Lipinski definition) is 1. The van der Waals surface area contributed by atoms with Gasteiger partial charge in [0.25, 0.3) is 0 Å². The van der Waals surface area contributed by atoms with Gasteiger partial charge in [-0.15, -0.1) is 0 Å². The Morgan fingerprint density at radius 1 is 1.21 bits per heavy atom. The molecule has 1 aromatic carbocycles. The topological polar surface area (TPSA) is 40.1 Å². The van der Waals surface area contributed by atoms with Crippen LogP contribution >= 0.6 is 0 Å². The number of piperazine rings is 1. The van der Waals surface area contributed by atoms with Crippen molar-refractivity contribution in [2.24, 2.45) is 4.99 Å². The van der Waals surface area contributed by atoms with E-state index < -0.39 is 11.7 Å². The molecule has 1 saturated heterocycles. The second-order valence-corrected chi connectivity index (χ2v) is 7.37. The molecule has 2 aliphatic rings. The van der Waals surface area contributed by atoms with Gasteiger partial charge in [-0.2, -0.15) is 13.2 Å². The van der Waals surface area contributed by atoms with E-state index in [-0.39, 0.29) is 0 Å². The van der Waals surface area contributed by atoms with Crippen LogP contribution in [0.25, 0.3) is 0 Å². The molecule has 1 aromatic rings. The average Bonchev–Trinajstić information content (AvgIpc) is 2.72. The molecule has 0 aliphatic carbocycles. The normalized spacial score (nSPS) is 19.2. The zero-order chi connectivity index (χ0) is 20.7. The van der Waals surface area contributed by atoms with Crippen LogP contribution < -0.4 is 5.32 Å². The minimum Gasteiger partial charge on any atom is -0.377 e. The van der Waals surface area contributed by atoms with Crippen molar-refractivity contribution in [1.29, 1.82) is 0 Å². The van der Waals surface area contributed by atoms with Crippen molar-refractivity contribution in [3.8, 4) is 0 Å². The molecule has 0 radical (unpaired) electrons. The molecule has 0 spiro atoms. The van der Waals surface area contributed by atoms with Crippen molar-refractivity contribution in [2.45, 2.75) is 25.6 Å². The van der Waals surface area contributed by atoms with E-state index in [4.69, 9.17) is 4.74 Å². The van der Waals surface area contributed by atoms with Gasteiger partial charge in [-0.1, -0.05) is 29.8 Å². The number of benzene rings is 1. The van der Waals surface area contributed by atoms with Gasteiger partial charge in [-0.25, -0.2) is 0 Å². The van der Waals surface area contributed by atoms with Crippen molar-refractivity contribution in [3.05, 3.63) is 47.0 Å². The van der Waals surface area contributed by atoms with Crippen LogP contribution in [0.1, 0.15) is 24.0 Å². The molecule has 160 valence electrons. The fourth-order valence-electron chi connectivity index (χ4n) is 3.68. The van der Waals surface area contributed by atoms with Crippen LogP contribution in [0, 0.1) is 0 Å². The molecule has 8 heteroatoms. The maximum atomic E-state index is 12.9. The summed E-state index contributed by atoms with van der Waals surface area (Å²) in [4.78, 5) is 8.78. The van der Waals surface area contributed by atoms with Crippen LogP contribution in [-0.2, 0) is 17.5 Å². The van der Waals surface area contributed by atoms with Crippen molar-refractivity contribution >= 4 is 5.96 Å². The molecule has 2 aliphatic heterocycles. The molecule has 1 fully saturated rings. The summed E-state index contributed by atoms with van der Waals surface area (Å²) in [5.74, 6) is 0.886. The van der Waals surface area contributed by atoms with E-state index in [2.05, 4.69) is 26.2 Å². The number of alkyl halides is 3. The van der Waals surface area contributed by atoms with E-state index in [1.165, 1.54) is 17.7 Å². The summed E-state index contributed by atoms with van der Waals surface area (Å²) >= 11 is 0. The number of nitrogens with zero attached hydrogens (tertiary/aromatic N) is 3. The number of ether oxygens (including phenoxy) is 1. The lowest BCUT2D eigenvalue weighted by atomic mass is 10.1. The van der Waals surface area contributed by atoms with Crippen molar-refractivity contribution in [1.82, 2.24) is 15.1 Å². The highest BCUT2D eigenvalue weighted by Crippen LogP contribution is 2.29. The molecule has 0 unspecified atom stereocenters. The summed E-state index contributed by atoms with van der Waals surface area (Å²) in [6.45, 7) is 6.05. The van der Waals surface area contributed by atoms with Crippen LogP contribution in [0.5, 0.6) is 0 Å². The number of rotatable bonds is 5. The highest BCUT2D eigenvalue weighted by molar-refractivity contribution is 5.80. The molecule has 0 atom stereocenters. The van der Waals surface area contributed by atoms with Crippen molar-refractivity contribution in [3.63, 3.8) is 0 Å². The van der Waals surface area contributed by atoms with Gasteiger partial charge in [0.05, 0.1) is 18.8 Å². The predicted octanol–water partition coefficient (Wildman–Crippen LogP) is 3.14. The van der Waals surface area contributed by atoms with Gasteiger partial charge >= 0.3 is 6.18 Å². The first kappa shape index (κ1) is 21.6. The third-order valence-corrected chi connectivity index (χ3v) is 5.33. The number of nitrogens with one attached hydrogen (secondary N) is 1. The fourth-order valence-corrected chi connectivity index (χ4v) is 3.68. The number of aliphatic imine (C=N–C) groups is 1. The molecule has 0 aromatic heterocycles. The summed E-state index contributed by atoms with van der Waals surface area (Å²) in [6.07, 6.45) is -0.166. The first-order chi connectivity index (χ1) is 14.0. The van der Waals surface area contributed by atoms with Gasteiger partial charge in [0.2, 0.25) is 0 Å². The van der Waals surface area contributed by atoms with Crippen molar-refractivity contribution in [2.75, 3.05) is 53.0 Å². The van der Waals surface area contributed by atoms with Gasteiger partial charge in [0, 0.05) is 46.3 Å². The maximum absolute atomic E-state index is 12.9. The highest BCUT2D eigenvalue weighted by atomic mass is 19.4. The molecule has 0 amide bonds. The smallest absolute Gasteiger partial charge is 0.377 e. The van der Waals surface area contributed by atoms with E-state index in [9.17, 15) is 13.2 Å². The van der Waals surface area contributed by atoms with Gasteiger partial charge in [0.15, 0.2) is 5.96 Å². The molecule has 29 heavy (non-hydrogen) atoms. The Morgan fingerprint density at radius 3 is 2.66 bits per heavy atom. The van der Waals surface area contributed by atoms with E-state index in [0.29, 0.717) is 18.7 Å². The zero-order valence-corrected chi connectivity index (χ0v) is 16.8. The molecule has 5 nitrogen and oxygen atoms in total. The summed E-state index contributed by atoms with van der Waals surface area (Å²) in [6, 6.07) is 5.60. The van der Waals surface area contributed by atoms with E-state index in [1.54, 1.807) is 13.1 Å². The van der Waals surface area contributed by atoms with Crippen LogP contribution in [0.15, 0.2) is 40.9 Å². The number of guanidine groups is 1. The number of hydrogen-bond acceptors (Lipinski definition) is 3. The standard InChI is InChI=1S/C21H29F3N4O/c1-25-20(26-8-5-17-6-13-29-14-7-17)28-11-9-27(10-12-28)16-18-3-2-4-19(15-18)21(22,23)24/h2-4,6,15H,5,7-14,16H2,1H3,(H,25,26). The monoisotopic (exact) mass is 410 g/mol. The van der Waals surface area contributed by atoms with Gasteiger partial charge < -0.3 is 15.0 Å². The molecule has 0 bridgehead atoms. The van der Waals surface area contributed by atoms with Gasteiger partial charge in [-0.3, -0.25) is 9.89 Å². The third-order valence-electron chi connectivity index (χ3n) is 5.33. The largest absolute Gasteiger partial charge is 0.416 e. The Labute approximate surface area is 170 Å². The lowest BCUT2D eigenvalue weighted by Gasteiger charge is -2.36. The minimum atomic E-state index is -4.30. The fraction of sp³-hybridized carbons (Fsp3) is 0.571. The predicted molar refractivity (Wildman–Crippen MR) is 108 cm³/mol. The SMILES string of the molecule is CN=C(NCCC1=CCOCC1)N1CCN(Cc2cccc(C(F)(F)F)c2)CC1. The van der Waals surface area contributed by atoms with Crippen molar-refractivity contribution < 1.29 is 17.9 Å². The molecule has 3 rings (SSSR count). The van der Waals surface area contributed by atoms with E-state index in [1.807, 2.05) is 0 Å².